The van der Waals surface area contributed by atoms with Crippen LogP contribution in [0.25, 0.3) is 10.9 Å². The normalized spacial score (nSPS) is 12.5. The molecule has 0 aliphatic carbocycles. The minimum absolute atomic E-state index is 0.0379. The molecule has 1 aromatic heterocycles. The van der Waals surface area contributed by atoms with E-state index in [9.17, 15) is 24.9 Å². The van der Waals surface area contributed by atoms with Gasteiger partial charge in [0.05, 0.1) is 17.7 Å². The number of hydrogen-bond acceptors (Lipinski definition) is 6. The zero-order chi connectivity index (χ0) is 31.1. The average molecular weight is 594 g/mol. The maximum atomic E-state index is 11.7. The smallest absolute Gasteiger partial charge is 0.405 e. The molecular formula is C35H35N3O6. The van der Waals surface area contributed by atoms with Crippen LogP contribution in [-0.2, 0) is 13.0 Å². The van der Waals surface area contributed by atoms with Gasteiger partial charge < -0.3 is 35.7 Å². The molecule has 2 atom stereocenters. The van der Waals surface area contributed by atoms with Crippen LogP contribution in [0.15, 0.2) is 102 Å². The van der Waals surface area contributed by atoms with Crippen molar-refractivity contribution in [2.24, 2.45) is 0 Å². The summed E-state index contributed by atoms with van der Waals surface area (Å²) < 4.78 is 6.11. The van der Waals surface area contributed by atoms with Crippen molar-refractivity contribution < 1.29 is 24.9 Å². The number of aliphatic hydroxyl groups excluding tert-OH is 1. The van der Waals surface area contributed by atoms with Crippen LogP contribution in [0, 0.1) is 6.92 Å². The van der Waals surface area contributed by atoms with E-state index in [0.717, 1.165) is 34.2 Å². The Kier molecular flexibility index (Phi) is 9.59. The molecule has 0 aliphatic heterocycles. The molecular weight excluding hydrogens is 558 g/mol. The second-order valence-electron chi connectivity index (χ2n) is 10.7. The van der Waals surface area contributed by atoms with Crippen molar-refractivity contribution in [3.8, 4) is 11.5 Å². The molecule has 0 aliphatic rings. The van der Waals surface area contributed by atoms with Crippen LogP contribution in [-0.4, -0.2) is 39.5 Å². The Bertz CT molecular complexity index is 1800. The lowest BCUT2D eigenvalue weighted by atomic mass is 9.98. The van der Waals surface area contributed by atoms with Gasteiger partial charge in [0, 0.05) is 18.0 Å². The first-order chi connectivity index (χ1) is 21.3. The fourth-order valence-electron chi connectivity index (χ4n) is 5.28. The van der Waals surface area contributed by atoms with Crippen molar-refractivity contribution in [2.45, 2.75) is 32.1 Å². The summed E-state index contributed by atoms with van der Waals surface area (Å²) in [6.45, 7) is 3.38. The summed E-state index contributed by atoms with van der Waals surface area (Å²) in [5, 5.41) is 36.7. The molecule has 1 amide bonds. The molecule has 44 heavy (non-hydrogen) atoms. The molecule has 1 heterocycles. The fraction of sp³-hybridized carbons (Fsp3) is 0.200. The van der Waals surface area contributed by atoms with Gasteiger partial charge in [0.25, 0.3) is 0 Å². The standard InChI is InChI=1S/C35H35N3O6/c1-22-18-23(16-17-36-20-31(40)28-12-14-30(39)34-29(28)13-15-32(41)37-34)10-11-26(22)21-44-27-9-5-8-25(19-27)33(38-35(42)43)24-6-3-2-4-7-24/h2-15,18-19,31,33,36,38-40H,16-17,20-21H2,1H3,(H,37,41)(H,42,43)/t31-,33-/m0/s1. The predicted molar refractivity (Wildman–Crippen MR) is 169 cm³/mol. The van der Waals surface area contributed by atoms with Crippen molar-refractivity contribution in [3.05, 3.63) is 141 Å². The van der Waals surface area contributed by atoms with E-state index in [0.29, 0.717) is 41.9 Å². The highest BCUT2D eigenvalue weighted by atomic mass is 16.5. The van der Waals surface area contributed by atoms with Gasteiger partial charge in [0.1, 0.15) is 18.1 Å². The number of phenolic OH excluding ortho intramolecular Hbond substituents is 1. The number of aromatic amines is 1. The molecule has 0 bridgehead atoms. The number of carboxylic acid groups (broad SMARTS) is 1. The van der Waals surface area contributed by atoms with E-state index in [1.54, 1.807) is 12.1 Å². The summed E-state index contributed by atoms with van der Waals surface area (Å²) in [6, 6.07) is 28.7. The number of aromatic hydroxyl groups is 1. The maximum absolute atomic E-state index is 11.7. The lowest BCUT2D eigenvalue weighted by Crippen LogP contribution is -2.27. The zero-order valence-corrected chi connectivity index (χ0v) is 24.3. The first kappa shape index (κ1) is 30.3. The number of benzene rings is 4. The monoisotopic (exact) mass is 593 g/mol. The first-order valence-corrected chi connectivity index (χ1v) is 14.4. The van der Waals surface area contributed by atoms with Crippen LogP contribution in [0.1, 0.15) is 45.5 Å². The van der Waals surface area contributed by atoms with E-state index in [1.807, 2.05) is 67.6 Å². The number of rotatable bonds is 12. The van der Waals surface area contributed by atoms with E-state index < -0.39 is 18.2 Å². The highest BCUT2D eigenvalue weighted by molar-refractivity contribution is 5.87. The van der Waals surface area contributed by atoms with Crippen LogP contribution >= 0.6 is 0 Å². The van der Waals surface area contributed by atoms with Gasteiger partial charge in [-0.1, -0.05) is 66.7 Å². The molecule has 226 valence electrons. The summed E-state index contributed by atoms with van der Waals surface area (Å²) in [5.41, 5.74) is 5.54. The number of aliphatic hydroxyl groups is 1. The number of hydrogen-bond donors (Lipinski definition) is 6. The number of amides is 1. The van der Waals surface area contributed by atoms with E-state index in [-0.39, 0.29) is 11.3 Å². The van der Waals surface area contributed by atoms with Gasteiger partial charge in [-0.2, -0.15) is 0 Å². The highest BCUT2D eigenvalue weighted by Crippen LogP contribution is 2.29. The number of carbonyl (C=O) groups is 1. The molecule has 0 saturated heterocycles. The minimum Gasteiger partial charge on any atom is -0.506 e. The second-order valence-corrected chi connectivity index (χ2v) is 10.7. The molecule has 0 spiro atoms. The Morgan fingerprint density at radius 1 is 0.932 bits per heavy atom. The number of nitrogens with one attached hydrogen (secondary N) is 3. The van der Waals surface area contributed by atoms with Crippen molar-refractivity contribution >= 4 is 17.0 Å². The van der Waals surface area contributed by atoms with Gasteiger partial charge in [0.2, 0.25) is 5.56 Å². The lowest BCUT2D eigenvalue weighted by molar-refractivity contribution is 0.176. The number of aromatic nitrogens is 1. The SMILES string of the molecule is Cc1cc(CCNC[C@H](O)c2ccc(O)c3[nH]c(=O)ccc23)ccc1COc1cccc([C@@H](NC(=O)O)c2ccccc2)c1. The molecule has 5 aromatic rings. The molecule has 6 N–H and O–H groups in total. The summed E-state index contributed by atoms with van der Waals surface area (Å²) in [4.78, 5) is 25.7. The van der Waals surface area contributed by atoms with Gasteiger partial charge in [-0.3, -0.25) is 4.79 Å². The quantitative estimate of drug-likeness (QED) is 0.107. The third kappa shape index (κ3) is 7.44. The van der Waals surface area contributed by atoms with Crippen molar-refractivity contribution in [1.82, 2.24) is 15.6 Å². The average Bonchev–Trinajstić information content (AvgIpc) is 3.02. The number of ether oxygens (including phenoxy) is 1. The molecule has 9 heteroatoms. The van der Waals surface area contributed by atoms with E-state index in [2.05, 4.69) is 27.8 Å². The summed E-state index contributed by atoms with van der Waals surface area (Å²) in [6.07, 6.45) is -1.15. The predicted octanol–water partition coefficient (Wildman–Crippen LogP) is 5.34. The Morgan fingerprint density at radius 3 is 2.50 bits per heavy atom. The topological polar surface area (TPSA) is 144 Å². The number of aryl methyl sites for hydroxylation is 1. The van der Waals surface area contributed by atoms with Crippen LogP contribution in [0.2, 0.25) is 0 Å². The highest BCUT2D eigenvalue weighted by Gasteiger charge is 2.17. The Morgan fingerprint density at radius 2 is 1.73 bits per heavy atom. The molecule has 9 nitrogen and oxygen atoms in total. The number of phenols is 1. The molecule has 0 saturated carbocycles. The van der Waals surface area contributed by atoms with E-state index in [1.165, 1.54) is 12.1 Å². The Hall–Kier alpha value is -5.12. The summed E-state index contributed by atoms with van der Waals surface area (Å²) in [5.74, 6) is 0.610. The molecule has 0 radical (unpaired) electrons. The minimum atomic E-state index is -1.10. The van der Waals surface area contributed by atoms with Gasteiger partial charge in [0.15, 0.2) is 0 Å². The van der Waals surface area contributed by atoms with Crippen molar-refractivity contribution in [2.75, 3.05) is 13.1 Å². The van der Waals surface area contributed by atoms with E-state index >= 15 is 0 Å². The molecule has 0 fully saturated rings. The summed E-state index contributed by atoms with van der Waals surface area (Å²) in [7, 11) is 0. The Balaban J connectivity index is 1.15. The number of pyridine rings is 1. The van der Waals surface area contributed by atoms with Crippen LogP contribution in [0.3, 0.4) is 0 Å². The lowest BCUT2D eigenvalue weighted by Gasteiger charge is -2.19. The van der Waals surface area contributed by atoms with Crippen molar-refractivity contribution in [1.29, 1.82) is 0 Å². The van der Waals surface area contributed by atoms with Gasteiger partial charge in [-0.15, -0.1) is 0 Å². The third-order valence-electron chi connectivity index (χ3n) is 7.59. The number of fused-ring (bicyclic) bond motifs is 1. The van der Waals surface area contributed by atoms with Gasteiger partial charge in [-0.05, 0) is 77.5 Å². The summed E-state index contributed by atoms with van der Waals surface area (Å²) >= 11 is 0. The first-order valence-electron chi connectivity index (χ1n) is 14.4. The van der Waals surface area contributed by atoms with Crippen LogP contribution in [0.4, 0.5) is 4.79 Å². The third-order valence-corrected chi connectivity index (χ3v) is 7.59. The van der Waals surface area contributed by atoms with Crippen LogP contribution < -0.4 is 20.9 Å². The molecule has 5 rings (SSSR count). The van der Waals surface area contributed by atoms with Crippen LogP contribution in [0.5, 0.6) is 11.5 Å². The second kappa shape index (κ2) is 13.9. The van der Waals surface area contributed by atoms with E-state index in [4.69, 9.17) is 4.74 Å². The van der Waals surface area contributed by atoms with Gasteiger partial charge >= 0.3 is 6.09 Å². The van der Waals surface area contributed by atoms with Gasteiger partial charge in [-0.25, -0.2) is 4.79 Å². The maximum Gasteiger partial charge on any atom is 0.405 e. The zero-order valence-electron chi connectivity index (χ0n) is 24.3. The Labute approximate surface area is 254 Å². The number of H-pyrrole nitrogens is 1. The largest absolute Gasteiger partial charge is 0.506 e. The fourth-order valence-corrected chi connectivity index (χ4v) is 5.28. The molecule has 4 aromatic carbocycles. The van der Waals surface area contributed by atoms with Crippen molar-refractivity contribution in [3.63, 3.8) is 0 Å². The molecule has 0 unspecified atom stereocenters.